The molecule has 0 aliphatic carbocycles. The van der Waals surface area contributed by atoms with Crippen molar-refractivity contribution in [3.8, 4) is 0 Å². The maximum Gasteiger partial charge on any atom is 0.312 e. The molecule has 0 radical (unpaired) electrons. The first-order valence-electron chi connectivity index (χ1n) is 7.12. The van der Waals surface area contributed by atoms with Crippen LogP contribution in [0.2, 0.25) is 0 Å². The molecule has 0 aliphatic rings. The molecule has 0 aliphatic heterocycles. The summed E-state index contributed by atoms with van der Waals surface area (Å²) in [4.78, 5) is 23.4. The number of nitrogens with one attached hydrogen (secondary N) is 2. The molecule has 0 fully saturated rings. The number of nitrogens with two attached hydrogens (primary N) is 1. The molecule has 1 atom stereocenters. The lowest BCUT2D eigenvalue weighted by Crippen LogP contribution is -2.35. The molecule has 0 bridgehead atoms. The van der Waals surface area contributed by atoms with Crippen molar-refractivity contribution in [1.29, 1.82) is 0 Å². The van der Waals surface area contributed by atoms with Crippen LogP contribution in [0, 0.1) is 6.92 Å². The van der Waals surface area contributed by atoms with Crippen molar-refractivity contribution in [3.05, 3.63) is 64.1 Å². The highest BCUT2D eigenvalue weighted by Gasteiger charge is 2.17. The monoisotopic (exact) mass is 375 g/mol. The summed E-state index contributed by atoms with van der Waals surface area (Å²) >= 11 is 3.42. The molecule has 4 N–H and O–H groups in total. The predicted molar refractivity (Wildman–Crippen MR) is 94.0 cm³/mol. The molecule has 1 unspecified atom stereocenters. The number of carbonyl (C=O) groups excluding carboxylic acids is 2. The lowest BCUT2D eigenvalue weighted by molar-refractivity contribution is -0.116. The van der Waals surface area contributed by atoms with E-state index in [2.05, 4.69) is 26.6 Å². The number of amides is 3. The van der Waals surface area contributed by atoms with Gasteiger partial charge in [0.1, 0.15) is 0 Å². The van der Waals surface area contributed by atoms with Gasteiger partial charge < -0.3 is 16.4 Å². The molecular weight excluding hydrogens is 358 g/mol. The Morgan fingerprint density at radius 1 is 1.17 bits per heavy atom. The zero-order valence-electron chi connectivity index (χ0n) is 12.7. The number of primary amides is 1. The molecule has 0 saturated carbocycles. The molecule has 0 heterocycles. The van der Waals surface area contributed by atoms with E-state index < -0.39 is 12.1 Å². The van der Waals surface area contributed by atoms with E-state index in [1.54, 1.807) is 0 Å². The van der Waals surface area contributed by atoms with Gasteiger partial charge in [-0.1, -0.05) is 46.3 Å². The Kier molecular flexibility index (Phi) is 5.76. The van der Waals surface area contributed by atoms with Gasteiger partial charge in [0.05, 0.1) is 12.5 Å². The molecule has 0 spiro atoms. The average molecular weight is 376 g/mol. The van der Waals surface area contributed by atoms with Crippen molar-refractivity contribution in [3.63, 3.8) is 0 Å². The fourth-order valence-electron chi connectivity index (χ4n) is 2.23. The van der Waals surface area contributed by atoms with Gasteiger partial charge in [0.25, 0.3) is 0 Å². The summed E-state index contributed by atoms with van der Waals surface area (Å²) in [5, 5.41) is 5.44. The van der Waals surface area contributed by atoms with E-state index >= 15 is 0 Å². The van der Waals surface area contributed by atoms with Crippen LogP contribution in [0.1, 0.15) is 23.6 Å². The van der Waals surface area contributed by atoms with Crippen LogP contribution in [0.3, 0.4) is 0 Å². The topological polar surface area (TPSA) is 84.2 Å². The number of hydrogen-bond donors (Lipinski definition) is 3. The minimum Gasteiger partial charge on any atom is -0.352 e. The van der Waals surface area contributed by atoms with Gasteiger partial charge in [-0.05, 0) is 36.2 Å². The Morgan fingerprint density at radius 3 is 2.48 bits per heavy atom. The first kappa shape index (κ1) is 17.0. The van der Waals surface area contributed by atoms with Gasteiger partial charge in [-0.2, -0.15) is 0 Å². The van der Waals surface area contributed by atoms with Crippen LogP contribution in [-0.2, 0) is 4.79 Å². The highest BCUT2D eigenvalue weighted by atomic mass is 79.9. The second kappa shape index (κ2) is 7.78. The van der Waals surface area contributed by atoms with Crippen LogP contribution in [0.4, 0.5) is 10.5 Å². The maximum absolute atomic E-state index is 12.3. The third kappa shape index (κ3) is 5.10. The minimum absolute atomic E-state index is 0.0993. The van der Waals surface area contributed by atoms with Crippen molar-refractivity contribution in [2.75, 3.05) is 5.32 Å². The Balaban J connectivity index is 2.08. The molecular formula is C17H18BrN3O2. The maximum atomic E-state index is 12.3. The number of benzene rings is 2. The summed E-state index contributed by atoms with van der Waals surface area (Å²) in [7, 11) is 0. The summed E-state index contributed by atoms with van der Waals surface area (Å²) in [6, 6.07) is 13.7. The standard InChI is InChI=1S/C17H18BrN3O2/c1-11-9-13(7-8-14(11)18)20-16(22)10-15(21-17(19)23)12-5-3-2-4-6-12/h2-9,15H,10H2,1H3,(H,20,22)(H3,19,21,23). The van der Waals surface area contributed by atoms with Crippen LogP contribution in [-0.4, -0.2) is 11.9 Å². The second-order valence-electron chi connectivity index (χ2n) is 5.19. The largest absolute Gasteiger partial charge is 0.352 e. The number of rotatable bonds is 5. The van der Waals surface area contributed by atoms with E-state index in [1.165, 1.54) is 0 Å². The number of aryl methyl sites for hydroxylation is 1. The number of carbonyl (C=O) groups is 2. The van der Waals surface area contributed by atoms with Crippen molar-refractivity contribution < 1.29 is 9.59 Å². The molecule has 5 nitrogen and oxygen atoms in total. The predicted octanol–water partition coefficient (Wildman–Crippen LogP) is 3.50. The molecule has 23 heavy (non-hydrogen) atoms. The van der Waals surface area contributed by atoms with Crippen LogP contribution in [0.5, 0.6) is 0 Å². The van der Waals surface area contributed by atoms with Crippen molar-refractivity contribution in [1.82, 2.24) is 5.32 Å². The molecule has 2 aromatic rings. The van der Waals surface area contributed by atoms with Crippen LogP contribution >= 0.6 is 15.9 Å². The van der Waals surface area contributed by atoms with E-state index in [9.17, 15) is 9.59 Å². The zero-order chi connectivity index (χ0) is 16.8. The summed E-state index contributed by atoms with van der Waals surface area (Å²) in [6.45, 7) is 1.95. The molecule has 0 aromatic heterocycles. The summed E-state index contributed by atoms with van der Waals surface area (Å²) in [5.41, 5.74) is 7.77. The molecule has 0 saturated heterocycles. The lowest BCUT2D eigenvalue weighted by Gasteiger charge is -2.18. The van der Waals surface area contributed by atoms with Crippen molar-refractivity contribution in [2.45, 2.75) is 19.4 Å². The summed E-state index contributed by atoms with van der Waals surface area (Å²) in [5.74, 6) is -0.200. The van der Waals surface area contributed by atoms with Crippen LogP contribution in [0.15, 0.2) is 53.0 Å². The summed E-state index contributed by atoms with van der Waals surface area (Å²) in [6.07, 6.45) is 0.0993. The van der Waals surface area contributed by atoms with E-state index in [4.69, 9.17) is 5.73 Å². The molecule has 120 valence electrons. The SMILES string of the molecule is Cc1cc(NC(=O)CC(NC(N)=O)c2ccccc2)ccc1Br. The van der Waals surface area contributed by atoms with E-state index in [0.29, 0.717) is 5.69 Å². The third-order valence-electron chi connectivity index (χ3n) is 3.35. The smallest absolute Gasteiger partial charge is 0.312 e. The fourth-order valence-corrected chi connectivity index (χ4v) is 2.48. The van der Waals surface area contributed by atoms with E-state index in [0.717, 1.165) is 15.6 Å². The quantitative estimate of drug-likeness (QED) is 0.746. The summed E-state index contributed by atoms with van der Waals surface area (Å²) < 4.78 is 0.980. The molecule has 3 amide bonds. The first-order chi connectivity index (χ1) is 11.0. The van der Waals surface area contributed by atoms with Gasteiger partial charge in [0.2, 0.25) is 5.91 Å². The first-order valence-corrected chi connectivity index (χ1v) is 7.92. The highest BCUT2D eigenvalue weighted by Crippen LogP contribution is 2.21. The van der Waals surface area contributed by atoms with Crippen molar-refractivity contribution in [2.24, 2.45) is 5.73 Å². The van der Waals surface area contributed by atoms with Gasteiger partial charge >= 0.3 is 6.03 Å². The third-order valence-corrected chi connectivity index (χ3v) is 4.24. The number of halogens is 1. The molecule has 2 aromatic carbocycles. The Labute approximate surface area is 143 Å². The number of urea groups is 1. The average Bonchev–Trinajstić information content (AvgIpc) is 2.51. The molecule has 2 rings (SSSR count). The minimum atomic E-state index is -0.661. The van der Waals surface area contributed by atoms with Crippen LogP contribution in [0.25, 0.3) is 0 Å². The van der Waals surface area contributed by atoms with Gasteiger partial charge in [-0.3, -0.25) is 4.79 Å². The fraction of sp³-hybridized carbons (Fsp3) is 0.176. The lowest BCUT2D eigenvalue weighted by atomic mass is 10.0. The van der Waals surface area contributed by atoms with Gasteiger partial charge in [0.15, 0.2) is 0 Å². The Hall–Kier alpha value is -2.34. The number of anilines is 1. The number of hydrogen-bond acceptors (Lipinski definition) is 2. The Morgan fingerprint density at radius 2 is 1.87 bits per heavy atom. The van der Waals surface area contributed by atoms with Gasteiger partial charge in [0, 0.05) is 10.2 Å². The zero-order valence-corrected chi connectivity index (χ0v) is 14.3. The van der Waals surface area contributed by atoms with E-state index in [1.807, 2.05) is 55.5 Å². The second-order valence-corrected chi connectivity index (χ2v) is 6.04. The Bertz CT molecular complexity index is 704. The van der Waals surface area contributed by atoms with Crippen molar-refractivity contribution >= 4 is 33.6 Å². The van der Waals surface area contributed by atoms with Crippen LogP contribution < -0.4 is 16.4 Å². The normalized spacial score (nSPS) is 11.6. The van der Waals surface area contributed by atoms with Gasteiger partial charge in [-0.15, -0.1) is 0 Å². The highest BCUT2D eigenvalue weighted by molar-refractivity contribution is 9.10. The van der Waals surface area contributed by atoms with E-state index in [-0.39, 0.29) is 12.3 Å². The van der Waals surface area contributed by atoms with Gasteiger partial charge in [-0.25, -0.2) is 4.79 Å². The molecule has 6 heteroatoms.